The van der Waals surface area contributed by atoms with E-state index in [0.29, 0.717) is 36.0 Å². The van der Waals surface area contributed by atoms with Gasteiger partial charge in [0.15, 0.2) is 5.82 Å². The lowest BCUT2D eigenvalue weighted by atomic mass is 10.2. The van der Waals surface area contributed by atoms with Crippen LogP contribution in [-0.4, -0.2) is 49.7 Å². The molecule has 3 aromatic heterocycles. The molecule has 0 bridgehead atoms. The van der Waals surface area contributed by atoms with Crippen molar-refractivity contribution in [2.24, 2.45) is 0 Å². The molecule has 1 fully saturated rings. The van der Waals surface area contributed by atoms with Gasteiger partial charge in [-0.1, -0.05) is 0 Å². The molecule has 1 aliphatic heterocycles. The minimum absolute atomic E-state index is 0.0746. The molecule has 4 rings (SSSR count). The van der Waals surface area contributed by atoms with Crippen LogP contribution in [0.2, 0.25) is 0 Å². The molecule has 23 heavy (non-hydrogen) atoms. The van der Waals surface area contributed by atoms with Gasteiger partial charge in [-0.3, -0.25) is 14.8 Å². The predicted octanol–water partition coefficient (Wildman–Crippen LogP) is 0.985. The zero-order valence-electron chi connectivity index (χ0n) is 12.6. The Labute approximate surface area is 135 Å². The summed E-state index contributed by atoms with van der Waals surface area (Å²) < 4.78 is 6.42. The van der Waals surface area contributed by atoms with Crippen LogP contribution in [0.25, 0.3) is 10.2 Å². The van der Waals surface area contributed by atoms with Crippen LogP contribution >= 0.6 is 11.3 Å². The van der Waals surface area contributed by atoms with Crippen LogP contribution in [0.3, 0.4) is 0 Å². The molecule has 0 aliphatic carbocycles. The van der Waals surface area contributed by atoms with Crippen molar-refractivity contribution in [3.8, 4) is 0 Å². The van der Waals surface area contributed by atoms with Gasteiger partial charge >= 0.3 is 0 Å². The van der Waals surface area contributed by atoms with Crippen molar-refractivity contribution < 1.29 is 4.74 Å². The van der Waals surface area contributed by atoms with E-state index in [4.69, 9.17) is 4.74 Å². The first kappa shape index (κ1) is 14.5. The Kier molecular flexibility index (Phi) is 3.68. The second-order valence-electron chi connectivity index (χ2n) is 5.52. The second kappa shape index (κ2) is 5.84. The number of hydrogen-bond acceptors (Lipinski definition) is 7. The van der Waals surface area contributed by atoms with Crippen molar-refractivity contribution in [2.75, 3.05) is 19.7 Å². The smallest absolute Gasteiger partial charge is 0.268 e. The zero-order chi connectivity index (χ0) is 15.8. The highest BCUT2D eigenvalue weighted by Crippen LogP contribution is 2.20. The average Bonchev–Trinajstić information content (AvgIpc) is 3.16. The molecule has 8 nitrogen and oxygen atoms in total. The lowest BCUT2D eigenvalue weighted by Gasteiger charge is -2.31. The molecule has 9 heteroatoms. The molecule has 0 unspecified atom stereocenters. The Balaban J connectivity index is 1.52. The fourth-order valence-corrected chi connectivity index (χ4v) is 3.44. The van der Waals surface area contributed by atoms with E-state index in [-0.39, 0.29) is 11.7 Å². The first-order valence-corrected chi connectivity index (χ1v) is 8.26. The Hall–Kier alpha value is -2.10. The summed E-state index contributed by atoms with van der Waals surface area (Å²) in [4.78, 5) is 26.0. The van der Waals surface area contributed by atoms with Gasteiger partial charge in [0.05, 0.1) is 18.7 Å². The number of H-pyrrole nitrogens is 2. The van der Waals surface area contributed by atoms with Crippen LogP contribution < -0.4 is 5.56 Å². The summed E-state index contributed by atoms with van der Waals surface area (Å²) in [7, 11) is 0. The number of aromatic nitrogens is 5. The van der Waals surface area contributed by atoms with Crippen molar-refractivity contribution in [2.45, 2.75) is 19.6 Å². The summed E-state index contributed by atoms with van der Waals surface area (Å²) in [5.74, 6) is 2.12. The van der Waals surface area contributed by atoms with Crippen molar-refractivity contribution in [1.82, 2.24) is 30.0 Å². The van der Waals surface area contributed by atoms with Gasteiger partial charge < -0.3 is 9.72 Å². The molecule has 0 radical (unpaired) electrons. The van der Waals surface area contributed by atoms with Crippen molar-refractivity contribution in [3.63, 3.8) is 0 Å². The summed E-state index contributed by atoms with van der Waals surface area (Å²) in [6, 6.07) is 1.87. The van der Waals surface area contributed by atoms with Crippen molar-refractivity contribution in [1.29, 1.82) is 0 Å². The standard InChI is InChI=1S/C14H16N6O2S/c1-8-15-13(19-18-8)10-6-20(3-4-22-10)7-11-16-9-2-5-23-12(9)14(21)17-11/h2,5,10H,3-4,6-7H2,1H3,(H,15,18,19)(H,16,17,21)/t10-/m0/s1. The number of morpholine rings is 1. The van der Waals surface area contributed by atoms with Crippen LogP contribution in [0, 0.1) is 6.92 Å². The molecule has 2 N–H and O–H groups in total. The third-order valence-electron chi connectivity index (χ3n) is 3.79. The third-order valence-corrected chi connectivity index (χ3v) is 4.69. The van der Waals surface area contributed by atoms with Crippen molar-refractivity contribution >= 4 is 21.6 Å². The van der Waals surface area contributed by atoms with E-state index in [2.05, 4.69) is 30.0 Å². The maximum atomic E-state index is 12.0. The average molecular weight is 332 g/mol. The van der Waals surface area contributed by atoms with Gasteiger partial charge in [-0.25, -0.2) is 9.97 Å². The van der Waals surface area contributed by atoms with Gasteiger partial charge in [-0.15, -0.1) is 11.3 Å². The number of aryl methyl sites for hydroxylation is 1. The first-order valence-electron chi connectivity index (χ1n) is 7.38. The Morgan fingerprint density at radius 3 is 3.22 bits per heavy atom. The van der Waals surface area contributed by atoms with E-state index in [9.17, 15) is 4.79 Å². The molecule has 1 saturated heterocycles. The van der Waals surface area contributed by atoms with Gasteiger partial charge in [-0.2, -0.15) is 5.10 Å². The van der Waals surface area contributed by atoms with Gasteiger partial charge in [0.2, 0.25) is 0 Å². The summed E-state index contributed by atoms with van der Waals surface area (Å²) in [5, 5.41) is 8.89. The number of fused-ring (bicyclic) bond motifs is 1. The highest BCUT2D eigenvalue weighted by atomic mass is 32.1. The van der Waals surface area contributed by atoms with Crippen LogP contribution in [0.15, 0.2) is 16.2 Å². The largest absolute Gasteiger partial charge is 0.367 e. The Bertz CT molecular complexity index is 885. The molecule has 3 aromatic rings. The topological polar surface area (TPSA) is 99.8 Å². The quantitative estimate of drug-likeness (QED) is 0.742. The number of rotatable bonds is 3. The summed E-state index contributed by atoms with van der Waals surface area (Å²) in [6.07, 6.45) is -0.162. The number of ether oxygens (including phenoxy) is 1. The molecular formula is C14H16N6O2S. The van der Waals surface area contributed by atoms with Crippen LogP contribution in [0.4, 0.5) is 0 Å². The van der Waals surface area contributed by atoms with E-state index in [0.717, 1.165) is 17.9 Å². The van der Waals surface area contributed by atoms with Gasteiger partial charge in [-0.05, 0) is 18.4 Å². The third kappa shape index (κ3) is 2.90. The summed E-state index contributed by atoms with van der Waals surface area (Å²) >= 11 is 1.41. The highest BCUT2D eigenvalue weighted by Gasteiger charge is 2.25. The van der Waals surface area contributed by atoms with Crippen LogP contribution in [-0.2, 0) is 11.3 Å². The number of aromatic amines is 2. The van der Waals surface area contributed by atoms with Crippen molar-refractivity contribution in [3.05, 3.63) is 39.3 Å². The minimum atomic E-state index is -0.162. The second-order valence-corrected chi connectivity index (χ2v) is 6.44. The molecular weight excluding hydrogens is 316 g/mol. The normalized spacial score (nSPS) is 19.4. The van der Waals surface area contributed by atoms with E-state index < -0.39 is 0 Å². The maximum absolute atomic E-state index is 12.0. The number of nitrogens with zero attached hydrogens (tertiary/aromatic N) is 4. The molecule has 4 heterocycles. The fraction of sp³-hybridized carbons (Fsp3) is 0.429. The number of hydrogen-bond donors (Lipinski definition) is 2. The molecule has 0 spiro atoms. The number of thiophene rings is 1. The van der Waals surface area contributed by atoms with Crippen LogP contribution in [0.1, 0.15) is 23.6 Å². The summed E-state index contributed by atoms with van der Waals surface area (Å²) in [6.45, 7) is 4.49. The van der Waals surface area contributed by atoms with E-state index in [1.54, 1.807) is 0 Å². The zero-order valence-corrected chi connectivity index (χ0v) is 13.4. The van der Waals surface area contributed by atoms with Gasteiger partial charge in [0, 0.05) is 13.1 Å². The van der Waals surface area contributed by atoms with Crippen LogP contribution in [0.5, 0.6) is 0 Å². The molecule has 0 aromatic carbocycles. The summed E-state index contributed by atoms with van der Waals surface area (Å²) in [5.41, 5.74) is 0.678. The highest BCUT2D eigenvalue weighted by molar-refractivity contribution is 7.17. The van der Waals surface area contributed by atoms with E-state index in [1.807, 2.05) is 18.4 Å². The lowest BCUT2D eigenvalue weighted by Crippen LogP contribution is -2.38. The number of nitrogens with one attached hydrogen (secondary N) is 2. The molecule has 1 atom stereocenters. The first-order chi connectivity index (χ1) is 11.2. The molecule has 120 valence electrons. The monoisotopic (exact) mass is 332 g/mol. The maximum Gasteiger partial charge on any atom is 0.268 e. The Morgan fingerprint density at radius 1 is 1.48 bits per heavy atom. The molecule has 1 aliphatic rings. The van der Waals surface area contributed by atoms with Gasteiger partial charge in [0.25, 0.3) is 5.56 Å². The fourth-order valence-electron chi connectivity index (χ4n) is 2.71. The molecule has 0 amide bonds. The SMILES string of the molecule is Cc1nc([C@@H]2CN(Cc3nc4ccsc4c(=O)[nH]3)CCO2)n[nH]1. The predicted molar refractivity (Wildman–Crippen MR) is 85.3 cm³/mol. The lowest BCUT2D eigenvalue weighted by molar-refractivity contribution is -0.0377. The van der Waals surface area contributed by atoms with Gasteiger partial charge in [0.1, 0.15) is 22.5 Å². The minimum Gasteiger partial charge on any atom is -0.367 e. The van der Waals surface area contributed by atoms with E-state index >= 15 is 0 Å². The molecule has 0 saturated carbocycles. The van der Waals surface area contributed by atoms with E-state index in [1.165, 1.54) is 11.3 Å². The Morgan fingerprint density at radius 2 is 2.39 bits per heavy atom.